The van der Waals surface area contributed by atoms with Crippen molar-refractivity contribution < 1.29 is 5.11 Å². The van der Waals surface area contributed by atoms with Gasteiger partial charge in [-0.05, 0) is 6.07 Å². The zero-order valence-corrected chi connectivity index (χ0v) is 7.70. The van der Waals surface area contributed by atoms with Gasteiger partial charge in [-0.2, -0.15) is 0 Å². The van der Waals surface area contributed by atoms with Crippen molar-refractivity contribution in [2.45, 2.75) is 6.10 Å². The molecule has 0 aromatic carbocycles. The Balaban J connectivity index is 2.21. The third kappa shape index (κ3) is 1.55. The minimum atomic E-state index is -0.254. The number of pyridine rings is 1. The highest BCUT2D eigenvalue weighted by Gasteiger charge is 2.26. The number of anilines is 2. The highest BCUT2D eigenvalue weighted by Crippen LogP contribution is 2.27. The fourth-order valence-electron chi connectivity index (χ4n) is 1.31. The molecule has 1 aliphatic heterocycles. The molecule has 13 heavy (non-hydrogen) atoms. The van der Waals surface area contributed by atoms with Crippen LogP contribution in [0, 0.1) is 0 Å². The molecule has 5 heteroatoms. The normalized spacial score (nSPS) is 17.2. The molecule has 3 N–H and O–H groups in total. The molecule has 2 rings (SSSR count). The van der Waals surface area contributed by atoms with Gasteiger partial charge >= 0.3 is 0 Å². The van der Waals surface area contributed by atoms with Gasteiger partial charge in [-0.25, -0.2) is 4.98 Å². The van der Waals surface area contributed by atoms with E-state index in [1.165, 1.54) is 0 Å². The van der Waals surface area contributed by atoms with Gasteiger partial charge < -0.3 is 15.7 Å². The Morgan fingerprint density at radius 2 is 2.31 bits per heavy atom. The second-order valence-electron chi connectivity index (χ2n) is 3.13. The van der Waals surface area contributed by atoms with Crippen molar-refractivity contribution >= 4 is 23.1 Å². The standard InChI is InChI=1S/C8H10ClN3O/c9-7-1-5(10)2-11-8(7)12-3-6(13)4-12/h1-2,6,13H,3-4,10H2. The Hall–Kier alpha value is -1.00. The van der Waals surface area contributed by atoms with Crippen molar-refractivity contribution in [3.8, 4) is 0 Å². The van der Waals surface area contributed by atoms with Crippen LogP contribution in [0.15, 0.2) is 12.3 Å². The van der Waals surface area contributed by atoms with Crippen LogP contribution in [0.25, 0.3) is 0 Å². The first-order valence-electron chi connectivity index (χ1n) is 4.01. The summed E-state index contributed by atoms with van der Waals surface area (Å²) in [6, 6.07) is 1.66. The predicted molar refractivity (Wildman–Crippen MR) is 51.9 cm³/mol. The van der Waals surface area contributed by atoms with Gasteiger partial charge in [0.2, 0.25) is 0 Å². The first kappa shape index (κ1) is 8.59. The number of nitrogens with two attached hydrogens (primary N) is 1. The average molecular weight is 200 g/mol. The maximum Gasteiger partial charge on any atom is 0.147 e. The summed E-state index contributed by atoms with van der Waals surface area (Å²) in [5, 5.41) is 9.62. The molecule has 0 atom stereocenters. The number of nitrogens with zero attached hydrogens (tertiary/aromatic N) is 2. The molecule has 0 unspecified atom stereocenters. The van der Waals surface area contributed by atoms with Gasteiger partial charge in [0.15, 0.2) is 0 Å². The van der Waals surface area contributed by atoms with Crippen LogP contribution in [0.3, 0.4) is 0 Å². The van der Waals surface area contributed by atoms with E-state index in [1.54, 1.807) is 12.3 Å². The molecule has 1 fully saturated rings. The van der Waals surface area contributed by atoms with E-state index in [2.05, 4.69) is 4.98 Å². The second kappa shape index (κ2) is 3.05. The molecule has 0 spiro atoms. The number of rotatable bonds is 1. The lowest BCUT2D eigenvalue weighted by Crippen LogP contribution is -2.51. The van der Waals surface area contributed by atoms with Crippen LogP contribution in [0.2, 0.25) is 5.02 Å². The summed E-state index contributed by atoms with van der Waals surface area (Å²) in [7, 11) is 0. The number of aliphatic hydroxyl groups is 1. The molecular weight excluding hydrogens is 190 g/mol. The summed E-state index contributed by atoms with van der Waals surface area (Å²) in [6.45, 7) is 1.19. The molecule has 1 aliphatic rings. The molecule has 2 heterocycles. The van der Waals surface area contributed by atoms with Crippen LogP contribution in [-0.4, -0.2) is 29.3 Å². The number of halogens is 1. The molecule has 70 valence electrons. The van der Waals surface area contributed by atoms with Crippen molar-refractivity contribution in [1.82, 2.24) is 4.98 Å². The maximum absolute atomic E-state index is 9.09. The third-order valence-corrected chi connectivity index (χ3v) is 2.28. The Bertz CT molecular complexity index is 325. The molecule has 0 bridgehead atoms. The second-order valence-corrected chi connectivity index (χ2v) is 3.54. The molecule has 1 aromatic heterocycles. The fourth-order valence-corrected chi connectivity index (χ4v) is 1.60. The Kier molecular flexibility index (Phi) is 2.01. The average Bonchev–Trinajstić information content (AvgIpc) is 2.00. The molecule has 0 radical (unpaired) electrons. The van der Waals surface area contributed by atoms with Crippen molar-refractivity contribution in [1.29, 1.82) is 0 Å². The number of β-amino-alcohol motifs (C(OH)–C–C–N with tert-alkyl or cyclic N) is 1. The van der Waals surface area contributed by atoms with E-state index in [0.717, 1.165) is 0 Å². The Morgan fingerprint density at radius 1 is 1.62 bits per heavy atom. The van der Waals surface area contributed by atoms with Gasteiger partial charge in [0.1, 0.15) is 5.82 Å². The van der Waals surface area contributed by atoms with Gasteiger partial charge in [-0.3, -0.25) is 0 Å². The minimum Gasteiger partial charge on any atom is -0.397 e. The number of hydrogen-bond acceptors (Lipinski definition) is 4. The summed E-state index contributed by atoms with van der Waals surface area (Å²) >= 11 is 5.92. The van der Waals surface area contributed by atoms with E-state index in [9.17, 15) is 0 Å². The first-order chi connectivity index (χ1) is 6.16. The van der Waals surface area contributed by atoms with E-state index in [0.29, 0.717) is 29.6 Å². The smallest absolute Gasteiger partial charge is 0.147 e. The third-order valence-electron chi connectivity index (χ3n) is 2.00. The maximum atomic E-state index is 9.09. The van der Waals surface area contributed by atoms with E-state index >= 15 is 0 Å². The molecule has 0 saturated carbocycles. The Labute approximate surface area is 80.9 Å². The zero-order valence-electron chi connectivity index (χ0n) is 6.94. The van der Waals surface area contributed by atoms with E-state index in [4.69, 9.17) is 22.4 Å². The number of aliphatic hydroxyl groups excluding tert-OH is 1. The highest BCUT2D eigenvalue weighted by atomic mass is 35.5. The summed E-state index contributed by atoms with van der Waals surface area (Å²) < 4.78 is 0. The number of nitrogen functional groups attached to an aromatic ring is 1. The molecular formula is C8H10ClN3O. The molecule has 0 amide bonds. The van der Waals surface area contributed by atoms with Crippen LogP contribution in [0.4, 0.5) is 11.5 Å². The SMILES string of the molecule is Nc1cnc(N2CC(O)C2)c(Cl)c1. The number of aromatic nitrogens is 1. The lowest BCUT2D eigenvalue weighted by atomic mass is 10.2. The zero-order chi connectivity index (χ0) is 9.42. The molecule has 4 nitrogen and oxygen atoms in total. The van der Waals surface area contributed by atoms with Crippen LogP contribution in [0.5, 0.6) is 0 Å². The first-order valence-corrected chi connectivity index (χ1v) is 4.38. The van der Waals surface area contributed by atoms with E-state index in [1.807, 2.05) is 4.90 Å². The van der Waals surface area contributed by atoms with E-state index < -0.39 is 0 Å². The summed E-state index contributed by atoms with van der Waals surface area (Å²) in [6.07, 6.45) is 1.31. The monoisotopic (exact) mass is 199 g/mol. The predicted octanol–water partition coefficient (Wildman–Crippen LogP) is 0.498. The fraction of sp³-hybridized carbons (Fsp3) is 0.375. The molecule has 1 aromatic rings. The highest BCUT2D eigenvalue weighted by molar-refractivity contribution is 6.33. The van der Waals surface area contributed by atoms with Gasteiger partial charge in [0.25, 0.3) is 0 Å². The van der Waals surface area contributed by atoms with Crippen LogP contribution < -0.4 is 10.6 Å². The van der Waals surface area contributed by atoms with Crippen LogP contribution in [0.1, 0.15) is 0 Å². The van der Waals surface area contributed by atoms with Crippen LogP contribution >= 0.6 is 11.6 Å². The molecule has 1 saturated heterocycles. The van der Waals surface area contributed by atoms with E-state index in [-0.39, 0.29) is 6.10 Å². The van der Waals surface area contributed by atoms with Crippen molar-refractivity contribution in [3.63, 3.8) is 0 Å². The number of hydrogen-bond donors (Lipinski definition) is 2. The van der Waals surface area contributed by atoms with Crippen LogP contribution in [-0.2, 0) is 0 Å². The lowest BCUT2D eigenvalue weighted by Gasteiger charge is -2.37. The summed E-state index contributed by atoms with van der Waals surface area (Å²) in [4.78, 5) is 6.00. The van der Waals surface area contributed by atoms with Crippen molar-refractivity contribution in [2.75, 3.05) is 23.7 Å². The molecule has 0 aliphatic carbocycles. The van der Waals surface area contributed by atoms with Gasteiger partial charge in [0.05, 0.1) is 23.0 Å². The minimum absolute atomic E-state index is 0.254. The largest absolute Gasteiger partial charge is 0.397 e. The van der Waals surface area contributed by atoms with Gasteiger partial charge in [-0.1, -0.05) is 11.6 Å². The summed E-state index contributed by atoms with van der Waals surface area (Å²) in [5.74, 6) is 0.696. The van der Waals surface area contributed by atoms with Gasteiger partial charge in [-0.15, -0.1) is 0 Å². The Morgan fingerprint density at radius 3 is 2.85 bits per heavy atom. The van der Waals surface area contributed by atoms with Crippen molar-refractivity contribution in [2.24, 2.45) is 0 Å². The van der Waals surface area contributed by atoms with Crippen molar-refractivity contribution in [3.05, 3.63) is 17.3 Å². The quantitative estimate of drug-likeness (QED) is 0.692. The summed E-state index contributed by atoms with van der Waals surface area (Å²) in [5.41, 5.74) is 6.05. The van der Waals surface area contributed by atoms with Gasteiger partial charge in [0, 0.05) is 13.1 Å². The topological polar surface area (TPSA) is 62.4 Å². The lowest BCUT2D eigenvalue weighted by molar-refractivity contribution is 0.141.